The van der Waals surface area contributed by atoms with Crippen molar-refractivity contribution in [1.29, 1.82) is 0 Å². The molecule has 0 atom stereocenters. The molecule has 0 spiro atoms. The second-order valence-corrected chi connectivity index (χ2v) is 6.53. The molecule has 0 amide bonds. The second kappa shape index (κ2) is 10.4. The third-order valence-corrected chi connectivity index (χ3v) is 4.31. The predicted molar refractivity (Wildman–Crippen MR) is 121 cm³/mol. The van der Waals surface area contributed by atoms with Gasteiger partial charge in [0.25, 0.3) is 0 Å². The smallest absolute Gasteiger partial charge is 0.188 e. The Kier molecular flexibility index (Phi) is 7.86. The van der Waals surface area contributed by atoms with Crippen LogP contribution >= 0.6 is 24.4 Å². The molecule has 3 aromatic rings. The average Bonchev–Trinajstić information content (AvgIpc) is 2.69. The Morgan fingerprint density at radius 1 is 0.815 bits per heavy atom. The van der Waals surface area contributed by atoms with Crippen molar-refractivity contribution in [3.05, 3.63) is 113 Å². The van der Waals surface area contributed by atoms with Crippen molar-refractivity contribution < 1.29 is 10.2 Å². The van der Waals surface area contributed by atoms with E-state index >= 15 is 0 Å². The number of aliphatic hydroxyl groups is 2. The standard InChI is InChI=1S/C16H14OS.C7H6OS/c1-2-12-6-5-7-13(10-12)11-14-8-3-4-9-15(14)16(17)18;8-7(9)6-4-2-1-3-5-6/h2-10H,1,11H2,(H,17,18);1-5H,(H,8,9). The molecular formula is C23H20O2S2. The molecule has 0 aliphatic rings. The molecule has 0 saturated heterocycles. The fourth-order valence-electron chi connectivity index (χ4n) is 2.51. The van der Waals surface area contributed by atoms with Crippen LogP contribution in [0.5, 0.6) is 0 Å². The van der Waals surface area contributed by atoms with E-state index in [9.17, 15) is 5.11 Å². The summed E-state index contributed by atoms with van der Waals surface area (Å²) in [4.78, 5) is 0. The molecule has 0 heterocycles. The van der Waals surface area contributed by atoms with Crippen LogP contribution in [0.2, 0.25) is 0 Å². The minimum absolute atomic E-state index is 0.0457. The van der Waals surface area contributed by atoms with Crippen LogP contribution in [0.4, 0.5) is 0 Å². The Bertz CT molecular complexity index is 934. The predicted octanol–water partition coefficient (Wildman–Crippen LogP) is 6.07. The molecule has 2 N–H and O–H groups in total. The summed E-state index contributed by atoms with van der Waals surface area (Å²) in [7, 11) is 0. The SMILES string of the molecule is C=Cc1cccc(Cc2ccccc2C(O)=S)c1.OC(=S)c1ccccc1. The Morgan fingerprint density at radius 3 is 2.07 bits per heavy atom. The van der Waals surface area contributed by atoms with Crippen molar-refractivity contribution in [2.75, 3.05) is 0 Å². The van der Waals surface area contributed by atoms with E-state index in [1.165, 1.54) is 5.56 Å². The number of thiocarbonyl (C=S) groups is 2. The van der Waals surface area contributed by atoms with Gasteiger partial charge in [-0.15, -0.1) is 0 Å². The lowest BCUT2D eigenvalue weighted by molar-refractivity contribution is 0.570. The van der Waals surface area contributed by atoms with Gasteiger partial charge in [0.2, 0.25) is 0 Å². The first-order valence-electron chi connectivity index (χ1n) is 8.32. The molecule has 0 aliphatic carbocycles. The first-order valence-corrected chi connectivity index (χ1v) is 9.14. The van der Waals surface area contributed by atoms with E-state index in [1.54, 1.807) is 12.1 Å². The van der Waals surface area contributed by atoms with Crippen molar-refractivity contribution >= 4 is 40.6 Å². The van der Waals surface area contributed by atoms with E-state index in [0.717, 1.165) is 23.1 Å². The van der Waals surface area contributed by atoms with Gasteiger partial charge in [-0.25, -0.2) is 0 Å². The van der Waals surface area contributed by atoms with Crippen LogP contribution in [-0.2, 0) is 6.42 Å². The van der Waals surface area contributed by atoms with Gasteiger partial charge in [-0.3, -0.25) is 0 Å². The van der Waals surface area contributed by atoms with Crippen molar-refractivity contribution in [2.45, 2.75) is 6.42 Å². The fourth-order valence-corrected chi connectivity index (χ4v) is 2.85. The normalized spacial score (nSPS) is 9.63. The van der Waals surface area contributed by atoms with E-state index in [2.05, 4.69) is 30.9 Å². The van der Waals surface area contributed by atoms with Crippen molar-refractivity contribution in [3.8, 4) is 0 Å². The van der Waals surface area contributed by atoms with E-state index < -0.39 is 0 Å². The number of aliphatic hydroxyl groups excluding tert-OH is 2. The molecule has 3 rings (SSSR count). The molecule has 27 heavy (non-hydrogen) atoms. The van der Waals surface area contributed by atoms with Crippen LogP contribution in [0, 0.1) is 0 Å². The molecular weight excluding hydrogens is 372 g/mol. The highest BCUT2D eigenvalue weighted by atomic mass is 32.1. The fraction of sp³-hybridized carbons (Fsp3) is 0.0435. The number of hydrogen-bond acceptors (Lipinski definition) is 2. The minimum atomic E-state index is -0.0505. The van der Waals surface area contributed by atoms with Crippen LogP contribution in [-0.4, -0.2) is 20.3 Å². The molecule has 0 fully saturated rings. The first kappa shape index (κ1) is 20.5. The summed E-state index contributed by atoms with van der Waals surface area (Å²) < 4.78 is 0. The molecule has 0 aromatic heterocycles. The zero-order valence-electron chi connectivity index (χ0n) is 14.7. The lowest BCUT2D eigenvalue weighted by atomic mass is 9.99. The third-order valence-electron chi connectivity index (χ3n) is 3.85. The first-order chi connectivity index (χ1) is 13.0. The summed E-state index contributed by atoms with van der Waals surface area (Å²) in [5, 5.41) is 18.2. The lowest BCUT2D eigenvalue weighted by Gasteiger charge is -2.08. The molecule has 0 unspecified atom stereocenters. The van der Waals surface area contributed by atoms with Crippen LogP contribution in [0.25, 0.3) is 6.08 Å². The minimum Gasteiger partial charge on any atom is -0.499 e. The molecule has 3 aromatic carbocycles. The van der Waals surface area contributed by atoms with Gasteiger partial charge in [0.05, 0.1) is 0 Å². The lowest BCUT2D eigenvalue weighted by Crippen LogP contribution is -2.01. The Hall–Kier alpha value is -2.82. The highest BCUT2D eigenvalue weighted by molar-refractivity contribution is 7.80. The summed E-state index contributed by atoms with van der Waals surface area (Å²) in [6, 6.07) is 24.9. The van der Waals surface area contributed by atoms with Crippen LogP contribution in [0.3, 0.4) is 0 Å². The molecule has 0 aliphatic heterocycles. The largest absolute Gasteiger partial charge is 0.499 e. The van der Waals surface area contributed by atoms with E-state index in [4.69, 9.17) is 17.3 Å². The van der Waals surface area contributed by atoms with Gasteiger partial charge >= 0.3 is 0 Å². The van der Waals surface area contributed by atoms with Gasteiger partial charge < -0.3 is 10.2 Å². The van der Waals surface area contributed by atoms with E-state index in [0.29, 0.717) is 5.56 Å². The van der Waals surface area contributed by atoms with Gasteiger partial charge in [0, 0.05) is 11.1 Å². The van der Waals surface area contributed by atoms with Crippen molar-refractivity contribution in [1.82, 2.24) is 0 Å². The van der Waals surface area contributed by atoms with E-state index in [-0.39, 0.29) is 10.1 Å². The van der Waals surface area contributed by atoms with Crippen LogP contribution in [0.1, 0.15) is 27.8 Å². The maximum Gasteiger partial charge on any atom is 0.188 e. The molecule has 0 saturated carbocycles. The average molecular weight is 393 g/mol. The summed E-state index contributed by atoms with van der Waals surface area (Å²) in [5.74, 6) is 0. The summed E-state index contributed by atoms with van der Waals surface area (Å²) >= 11 is 9.37. The Morgan fingerprint density at radius 2 is 1.48 bits per heavy atom. The molecule has 2 nitrogen and oxygen atoms in total. The van der Waals surface area contributed by atoms with E-state index in [1.807, 2.05) is 60.7 Å². The van der Waals surface area contributed by atoms with Gasteiger partial charge in [-0.2, -0.15) is 0 Å². The van der Waals surface area contributed by atoms with Gasteiger partial charge in [-0.1, -0.05) is 91.5 Å². The molecule has 0 bridgehead atoms. The van der Waals surface area contributed by atoms with Gasteiger partial charge in [0.1, 0.15) is 0 Å². The Balaban J connectivity index is 0.000000244. The quantitative estimate of drug-likeness (QED) is 0.517. The zero-order valence-corrected chi connectivity index (χ0v) is 16.3. The monoisotopic (exact) mass is 392 g/mol. The number of rotatable bonds is 5. The maximum absolute atomic E-state index is 9.50. The second-order valence-electron chi connectivity index (χ2n) is 5.76. The molecule has 4 heteroatoms. The molecule has 136 valence electrons. The zero-order chi connectivity index (χ0) is 19.6. The number of hydrogen-bond donors (Lipinski definition) is 2. The summed E-state index contributed by atoms with van der Waals surface area (Å²) in [6.45, 7) is 3.76. The van der Waals surface area contributed by atoms with Crippen molar-refractivity contribution in [2.24, 2.45) is 0 Å². The van der Waals surface area contributed by atoms with Crippen LogP contribution in [0.15, 0.2) is 85.4 Å². The van der Waals surface area contributed by atoms with Crippen molar-refractivity contribution in [3.63, 3.8) is 0 Å². The highest BCUT2D eigenvalue weighted by Crippen LogP contribution is 2.16. The Labute approximate surface area is 170 Å². The molecule has 0 radical (unpaired) electrons. The number of benzene rings is 3. The van der Waals surface area contributed by atoms with Crippen LogP contribution < -0.4 is 0 Å². The van der Waals surface area contributed by atoms with Gasteiger partial charge in [0.15, 0.2) is 10.1 Å². The topological polar surface area (TPSA) is 40.5 Å². The highest BCUT2D eigenvalue weighted by Gasteiger charge is 2.06. The summed E-state index contributed by atoms with van der Waals surface area (Å²) in [6.07, 6.45) is 2.57. The third kappa shape index (κ3) is 6.44. The maximum atomic E-state index is 9.50. The van der Waals surface area contributed by atoms with Gasteiger partial charge in [-0.05, 0) is 47.5 Å². The summed E-state index contributed by atoms with van der Waals surface area (Å²) in [5.41, 5.74) is 4.74.